The fourth-order valence-electron chi connectivity index (χ4n) is 1.25. The van der Waals surface area contributed by atoms with Crippen LogP contribution in [0.4, 0.5) is 0 Å². The molecule has 2 atom stereocenters. The molecule has 0 saturated carbocycles. The second-order valence-corrected chi connectivity index (χ2v) is 3.65. The molecule has 1 rings (SSSR count). The minimum absolute atomic E-state index is 0.120. The zero-order chi connectivity index (χ0) is 9.14. The lowest BCUT2D eigenvalue weighted by Gasteiger charge is -2.28. The summed E-state index contributed by atoms with van der Waals surface area (Å²) in [5, 5.41) is 0. The number of carbonyl (C=O) groups is 1. The first-order valence-electron chi connectivity index (χ1n) is 3.90. The smallest absolute Gasteiger partial charge is 0.323 e. The summed E-state index contributed by atoms with van der Waals surface area (Å²) in [4.78, 5) is 11.2. The summed E-state index contributed by atoms with van der Waals surface area (Å²) >= 11 is 0. The van der Waals surface area contributed by atoms with E-state index in [9.17, 15) is 4.79 Å². The van der Waals surface area contributed by atoms with Crippen molar-refractivity contribution >= 4 is 15.4 Å². The van der Waals surface area contributed by atoms with Crippen LogP contribution in [-0.4, -0.2) is 30.3 Å². The maximum Gasteiger partial charge on any atom is 0.323 e. The zero-order valence-corrected chi connectivity index (χ0v) is 8.56. The van der Waals surface area contributed by atoms with Gasteiger partial charge in [0.2, 0.25) is 0 Å². The third-order valence-corrected chi connectivity index (χ3v) is 2.61. The van der Waals surface area contributed by atoms with Crippen LogP contribution < -0.4 is 0 Å². The number of carbonyl (C=O) groups excluding carboxylic acids is 1. The van der Waals surface area contributed by atoms with Crippen LogP contribution in [0, 0.1) is 0 Å². The molecule has 1 aliphatic rings. The van der Waals surface area contributed by atoms with E-state index in [0.717, 1.165) is 13.0 Å². The molecule has 0 aromatic rings. The molecule has 1 aliphatic heterocycles. The molecule has 68 valence electrons. The van der Waals surface area contributed by atoms with Gasteiger partial charge in [0.25, 0.3) is 0 Å². The van der Waals surface area contributed by atoms with Crippen LogP contribution in [0.2, 0.25) is 0 Å². The van der Waals surface area contributed by atoms with Crippen molar-refractivity contribution in [1.82, 2.24) is 4.67 Å². The monoisotopic (exact) mass is 187 g/mol. The molecule has 0 bridgehead atoms. The Morgan fingerprint density at radius 3 is 3.08 bits per heavy atom. The molecule has 1 unspecified atom stereocenters. The van der Waals surface area contributed by atoms with E-state index in [0.29, 0.717) is 0 Å². The molecule has 0 aromatic carbocycles. The number of hydrogen-bond acceptors (Lipinski definition) is 3. The van der Waals surface area contributed by atoms with Crippen molar-refractivity contribution in [3.05, 3.63) is 11.6 Å². The Kier molecular flexibility index (Phi) is 3.24. The van der Waals surface area contributed by atoms with Crippen molar-refractivity contribution in [2.75, 3.05) is 13.7 Å². The van der Waals surface area contributed by atoms with Gasteiger partial charge in [0.05, 0.1) is 7.11 Å². The number of rotatable bonds is 1. The first-order chi connectivity index (χ1) is 5.65. The van der Waals surface area contributed by atoms with Crippen molar-refractivity contribution < 1.29 is 9.53 Å². The summed E-state index contributed by atoms with van der Waals surface area (Å²) in [6.45, 7) is 2.84. The maximum atomic E-state index is 11.2. The Morgan fingerprint density at radius 2 is 2.50 bits per heavy atom. The minimum atomic E-state index is -0.155. The Balaban J connectivity index is 2.65. The van der Waals surface area contributed by atoms with Gasteiger partial charge in [-0.15, -0.1) is 0 Å². The van der Waals surface area contributed by atoms with Crippen LogP contribution >= 0.6 is 9.39 Å². The minimum Gasteiger partial charge on any atom is -0.468 e. The molecular weight excluding hydrogens is 173 g/mol. The molecule has 1 heterocycles. The van der Waals surface area contributed by atoms with Crippen LogP contribution in [0.3, 0.4) is 0 Å². The second kappa shape index (κ2) is 4.01. The maximum absolute atomic E-state index is 11.2. The standard InChI is InChI=1S/C8H14NO2P/c1-6-3-4-9(12)7(5-6)8(10)11-2/h3,7H,4-5,12H2,1-2H3/t7-/m0/s1. The normalized spacial score (nSPS) is 24.9. The Bertz CT molecular complexity index is 215. The molecule has 0 aromatic heterocycles. The molecular formula is C8H14NO2P. The van der Waals surface area contributed by atoms with Crippen molar-refractivity contribution in [3.63, 3.8) is 0 Å². The molecule has 0 aliphatic carbocycles. The van der Waals surface area contributed by atoms with E-state index in [4.69, 9.17) is 0 Å². The lowest BCUT2D eigenvalue weighted by atomic mass is 10.0. The van der Waals surface area contributed by atoms with Crippen molar-refractivity contribution in [3.8, 4) is 0 Å². The lowest BCUT2D eigenvalue weighted by molar-refractivity contribution is -0.145. The van der Waals surface area contributed by atoms with Crippen molar-refractivity contribution in [2.24, 2.45) is 0 Å². The fourth-order valence-corrected chi connectivity index (χ4v) is 1.58. The number of hydrogen-bond donors (Lipinski definition) is 0. The van der Waals surface area contributed by atoms with Gasteiger partial charge >= 0.3 is 5.97 Å². The van der Waals surface area contributed by atoms with Gasteiger partial charge in [-0.3, -0.25) is 9.46 Å². The van der Waals surface area contributed by atoms with E-state index < -0.39 is 0 Å². The number of esters is 1. The van der Waals surface area contributed by atoms with E-state index in [1.165, 1.54) is 12.7 Å². The highest BCUT2D eigenvalue weighted by Gasteiger charge is 2.26. The summed E-state index contributed by atoms with van der Waals surface area (Å²) < 4.78 is 6.60. The van der Waals surface area contributed by atoms with Crippen LogP contribution in [-0.2, 0) is 9.53 Å². The van der Waals surface area contributed by atoms with Gasteiger partial charge < -0.3 is 4.74 Å². The van der Waals surface area contributed by atoms with E-state index in [-0.39, 0.29) is 12.0 Å². The summed E-state index contributed by atoms with van der Waals surface area (Å²) in [5.74, 6) is -0.155. The predicted octanol–water partition coefficient (Wildman–Crippen LogP) is 0.970. The SMILES string of the molecule is COC(=O)[C@@H]1CC(C)=CCN1P. The zero-order valence-electron chi connectivity index (χ0n) is 7.41. The van der Waals surface area contributed by atoms with Gasteiger partial charge in [-0.1, -0.05) is 21.0 Å². The lowest BCUT2D eigenvalue weighted by Crippen LogP contribution is -2.38. The van der Waals surface area contributed by atoms with Crippen LogP contribution in [0.5, 0.6) is 0 Å². The Labute approximate surface area is 75.0 Å². The quantitative estimate of drug-likeness (QED) is 0.348. The van der Waals surface area contributed by atoms with Crippen LogP contribution in [0.15, 0.2) is 11.6 Å². The molecule has 4 heteroatoms. The van der Waals surface area contributed by atoms with Gasteiger partial charge in [-0.2, -0.15) is 0 Å². The molecule has 3 nitrogen and oxygen atoms in total. The summed E-state index contributed by atoms with van der Waals surface area (Å²) in [6.07, 6.45) is 2.89. The van der Waals surface area contributed by atoms with Crippen molar-refractivity contribution in [2.45, 2.75) is 19.4 Å². The van der Waals surface area contributed by atoms with E-state index in [1.54, 1.807) is 0 Å². The largest absolute Gasteiger partial charge is 0.468 e. The molecule has 0 amide bonds. The Hall–Kier alpha value is -0.400. The Morgan fingerprint density at radius 1 is 1.83 bits per heavy atom. The van der Waals surface area contributed by atoms with Crippen LogP contribution in [0.1, 0.15) is 13.3 Å². The first kappa shape index (κ1) is 9.69. The molecule has 0 N–H and O–H groups in total. The van der Waals surface area contributed by atoms with Gasteiger partial charge in [-0.05, 0) is 13.3 Å². The van der Waals surface area contributed by atoms with E-state index in [1.807, 2.05) is 11.6 Å². The van der Waals surface area contributed by atoms with Gasteiger partial charge in [-0.25, -0.2) is 0 Å². The van der Waals surface area contributed by atoms with Gasteiger partial charge in [0.1, 0.15) is 6.04 Å². The fraction of sp³-hybridized carbons (Fsp3) is 0.625. The third-order valence-electron chi connectivity index (χ3n) is 2.04. The first-order valence-corrected chi connectivity index (χ1v) is 4.41. The van der Waals surface area contributed by atoms with E-state index >= 15 is 0 Å². The second-order valence-electron chi connectivity index (χ2n) is 2.99. The topological polar surface area (TPSA) is 29.5 Å². The predicted molar refractivity (Wildman–Crippen MR) is 50.6 cm³/mol. The third kappa shape index (κ3) is 2.05. The number of methoxy groups -OCH3 is 1. The average molecular weight is 187 g/mol. The highest BCUT2D eigenvalue weighted by atomic mass is 31.0. The highest BCUT2D eigenvalue weighted by Crippen LogP contribution is 2.21. The summed E-state index contributed by atoms with van der Waals surface area (Å²) in [5.41, 5.74) is 1.25. The molecule has 0 saturated heterocycles. The van der Waals surface area contributed by atoms with E-state index in [2.05, 4.69) is 20.2 Å². The molecule has 0 fully saturated rings. The molecule has 12 heavy (non-hydrogen) atoms. The average Bonchev–Trinajstić information content (AvgIpc) is 2.08. The number of nitrogens with zero attached hydrogens (tertiary/aromatic N) is 1. The molecule has 0 spiro atoms. The summed E-state index contributed by atoms with van der Waals surface area (Å²) in [6, 6.07) is -0.120. The van der Waals surface area contributed by atoms with Crippen molar-refractivity contribution in [1.29, 1.82) is 0 Å². The van der Waals surface area contributed by atoms with Gasteiger partial charge in [0, 0.05) is 6.54 Å². The van der Waals surface area contributed by atoms with Gasteiger partial charge in [0.15, 0.2) is 0 Å². The highest BCUT2D eigenvalue weighted by molar-refractivity contribution is 7.13. The van der Waals surface area contributed by atoms with Crippen LogP contribution in [0.25, 0.3) is 0 Å². The number of ether oxygens (including phenoxy) is 1. The summed E-state index contributed by atoms with van der Waals surface area (Å²) in [7, 11) is 3.97. The molecule has 0 radical (unpaired) electrons.